The van der Waals surface area contributed by atoms with Crippen LogP contribution in [-0.4, -0.2) is 40.2 Å². The Bertz CT molecular complexity index is 1310. The average molecular weight is 430 g/mol. The molecule has 2 aromatic heterocycles. The lowest BCUT2D eigenvalue weighted by Crippen LogP contribution is -2.20. The van der Waals surface area contributed by atoms with Crippen molar-refractivity contribution in [2.75, 3.05) is 14.2 Å². The van der Waals surface area contributed by atoms with Crippen LogP contribution in [0, 0.1) is 6.92 Å². The molecule has 4 rings (SSSR count). The summed E-state index contributed by atoms with van der Waals surface area (Å²) in [7, 11) is 3.10. The van der Waals surface area contributed by atoms with E-state index in [9.17, 15) is 9.90 Å². The van der Waals surface area contributed by atoms with E-state index >= 15 is 0 Å². The van der Waals surface area contributed by atoms with Crippen molar-refractivity contribution in [1.82, 2.24) is 15.0 Å². The Kier molecular flexibility index (Phi) is 5.70. The van der Waals surface area contributed by atoms with Crippen molar-refractivity contribution < 1.29 is 19.4 Å². The van der Waals surface area contributed by atoms with Crippen LogP contribution in [0.5, 0.6) is 11.6 Å². The molecule has 0 aliphatic carbocycles. The number of pyridine rings is 1. The number of aliphatic hydroxyl groups excluding tert-OH is 1. The van der Waals surface area contributed by atoms with E-state index in [0.717, 1.165) is 38.9 Å². The zero-order chi connectivity index (χ0) is 22.8. The van der Waals surface area contributed by atoms with E-state index in [1.165, 1.54) is 13.4 Å². The number of hydrogen-bond acceptors (Lipinski definition) is 7. The molecule has 3 N–H and O–H groups in total. The lowest BCUT2D eigenvalue weighted by atomic mass is 9.94. The molecule has 8 nitrogen and oxygen atoms in total. The van der Waals surface area contributed by atoms with Crippen molar-refractivity contribution in [3.8, 4) is 33.9 Å². The molecule has 162 valence electrons. The maximum atomic E-state index is 11.3. The van der Waals surface area contributed by atoms with Gasteiger partial charge >= 0.3 is 0 Å². The van der Waals surface area contributed by atoms with Gasteiger partial charge in [-0.25, -0.2) is 15.0 Å². The zero-order valence-electron chi connectivity index (χ0n) is 17.9. The topological polar surface area (TPSA) is 120 Å². The van der Waals surface area contributed by atoms with Crippen molar-refractivity contribution in [2.24, 2.45) is 5.73 Å². The minimum atomic E-state index is -1.35. The Morgan fingerprint density at radius 2 is 1.72 bits per heavy atom. The molecule has 0 radical (unpaired) electrons. The highest BCUT2D eigenvalue weighted by atomic mass is 16.5. The molecule has 2 heterocycles. The van der Waals surface area contributed by atoms with Gasteiger partial charge in [-0.15, -0.1) is 0 Å². The summed E-state index contributed by atoms with van der Waals surface area (Å²) in [6.45, 7) is 1.93. The lowest BCUT2D eigenvalue weighted by Gasteiger charge is -2.14. The van der Waals surface area contributed by atoms with Crippen molar-refractivity contribution in [3.63, 3.8) is 0 Å². The molecule has 32 heavy (non-hydrogen) atoms. The van der Waals surface area contributed by atoms with Crippen LogP contribution in [0.4, 0.5) is 0 Å². The van der Waals surface area contributed by atoms with E-state index in [1.54, 1.807) is 25.4 Å². The van der Waals surface area contributed by atoms with Gasteiger partial charge in [-0.3, -0.25) is 4.79 Å². The molecule has 8 heteroatoms. The second-order valence-electron chi connectivity index (χ2n) is 7.24. The van der Waals surface area contributed by atoms with Crippen LogP contribution in [0.2, 0.25) is 0 Å². The van der Waals surface area contributed by atoms with Crippen LogP contribution in [0.3, 0.4) is 0 Å². The van der Waals surface area contributed by atoms with E-state index in [-0.39, 0.29) is 0 Å². The average Bonchev–Trinajstić information content (AvgIpc) is 2.83. The molecular formula is C24H22N4O4. The third-order valence-corrected chi connectivity index (χ3v) is 5.31. The van der Waals surface area contributed by atoms with Gasteiger partial charge in [0.05, 0.1) is 19.7 Å². The standard InChI is InChI=1S/C24H22N4O4/c1-13-18-8-16(17-10-20(31-2)24(32-3)26-11-17)9-19(21(18)28-12-27-13)14-4-6-15(7-5-14)22(29)23(25)30/h4-12,22,29H,1-3H3,(H2,25,30). The number of carbonyl (C=O) groups excluding carboxylic acids is 1. The van der Waals surface area contributed by atoms with E-state index in [2.05, 4.69) is 15.0 Å². The number of benzene rings is 2. The number of aromatic nitrogens is 3. The number of primary amides is 1. The van der Waals surface area contributed by atoms with Crippen LogP contribution < -0.4 is 15.2 Å². The largest absolute Gasteiger partial charge is 0.491 e. The number of hydrogen-bond donors (Lipinski definition) is 2. The zero-order valence-corrected chi connectivity index (χ0v) is 17.9. The van der Waals surface area contributed by atoms with Crippen LogP contribution in [0.25, 0.3) is 33.2 Å². The highest BCUT2D eigenvalue weighted by molar-refractivity contribution is 5.98. The van der Waals surface area contributed by atoms with Crippen LogP contribution in [-0.2, 0) is 4.79 Å². The summed E-state index contributed by atoms with van der Waals surface area (Å²) in [6, 6.07) is 12.9. The van der Waals surface area contributed by atoms with Crippen molar-refractivity contribution in [3.05, 3.63) is 66.2 Å². The predicted octanol–water partition coefficient (Wildman–Crippen LogP) is 3.20. The van der Waals surface area contributed by atoms with Gasteiger partial charge in [-0.2, -0.15) is 0 Å². The monoisotopic (exact) mass is 430 g/mol. The maximum Gasteiger partial charge on any atom is 0.256 e. The van der Waals surface area contributed by atoms with Gasteiger partial charge in [0.15, 0.2) is 11.9 Å². The normalized spacial score (nSPS) is 11.9. The Hall–Kier alpha value is -4.04. The fourth-order valence-corrected chi connectivity index (χ4v) is 3.58. The Morgan fingerprint density at radius 3 is 2.38 bits per heavy atom. The number of nitrogens with two attached hydrogens (primary N) is 1. The molecule has 4 aromatic rings. The highest BCUT2D eigenvalue weighted by Crippen LogP contribution is 2.36. The summed E-state index contributed by atoms with van der Waals surface area (Å²) in [5, 5.41) is 10.8. The summed E-state index contributed by atoms with van der Waals surface area (Å²) >= 11 is 0. The first-order valence-electron chi connectivity index (χ1n) is 9.84. The van der Waals surface area contributed by atoms with Gasteiger partial charge in [0.25, 0.3) is 11.8 Å². The Balaban J connectivity index is 1.90. The molecule has 2 aromatic carbocycles. The number of amides is 1. The van der Waals surface area contributed by atoms with Crippen LogP contribution in [0.15, 0.2) is 55.0 Å². The fourth-order valence-electron chi connectivity index (χ4n) is 3.58. The molecule has 0 saturated carbocycles. The molecule has 1 amide bonds. The second-order valence-corrected chi connectivity index (χ2v) is 7.24. The van der Waals surface area contributed by atoms with Crippen LogP contribution in [0.1, 0.15) is 17.4 Å². The second kappa shape index (κ2) is 8.60. The van der Waals surface area contributed by atoms with Gasteiger partial charge < -0.3 is 20.3 Å². The van der Waals surface area contributed by atoms with E-state index in [1.807, 2.05) is 37.3 Å². The lowest BCUT2D eigenvalue weighted by molar-refractivity contribution is -0.126. The first kappa shape index (κ1) is 21.2. The summed E-state index contributed by atoms with van der Waals surface area (Å²) in [6.07, 6.45) is 1.90. The number of nitrogens with zero attached hydrogens (tertiary/aromatic N) is 3. The number of ether oxygens (including phenoxy) is 2. The van der Waals surface area contributed by atoms with Crippen molar-refractivity contribution in [2.45, 2.75) is 13.0 Å². The quantitative estimate of drug-likeness (QED) is 0.482. The van der Waals surface area contributed by atoms with Crippen molar-refractivity contribution >= 4 is 16.8 Å². The highest BCUT2D eigenvalue weighted by Gasteiger charge is 2.16. The maximum absolute atomic E-state index is 11.3. The summed E-state index contributed by atoms with van der Waals surface area (Å²) in [4.78, 5) is 24.5. The number of carbonyl (C=O) groups is 1. The van der Waals surface area contributed by atoms with Gasteiger partial charge in [0, 0.05) is 28.4 Å². The molecule has 0 spiro atoms. The molecule has 0 fully saturated rings. The molecule has 0 bridgehead atoms. The van der Waals surface area contributed by atoms with Gasteiger partial charge in [-0.1, -0.05) is 24.3 Å². The molecule has 1 unspecified atom stereocenters. The summed E-state index contributed by atoms with van der Waals surface area (Å²) in [5.41, 5.74) is 10.7. The van der Waals surface area contributed by atoms with E-state index < -0.39 is 12.0 Å². The third-order valence-electron chi connectivity index (χ3n) is 5.31. The third kappa shape index (κ3) is 3.83. The number of rotatable bonds is 6. The van der Waals surface area contributed by atoms with E-state index in [4.69, 9.17) is 15.2 Å². The van der Waals surface area contributed by atoms with Gasteiger partial charge in [0.1, 0.15) is 6.33 Å². The molecule has 0 saturated heterocycles. The molecular weight excluding hydrogens is 408 g/mol. The van der Waals surface area contributed by atoms with Crippen LogP contribution >= 0.6 is 0 Å². The number of aryl methyl sites for hydroxylation is 1. The van der Waals surface area contributed by atoms with Crippen molar-refractivity contribution in [1.29, 1.82) is 0 Å². The minimum Gasteiger partial charge on any atom is -0.491 e. The summed E-state index contributed by atoms with van der Waals surface area (Å²) < 4.78 is 10.7. The first-order chi connectivity index (χ1) is 15.4. The summed E-state index contributed by atoms with van der Waals surface area (Å²) in [5.74, 6) is 0.132. The number of fused-ring (bicyclic) bond motifs is 1. The molecule has 0 aliphatic heterocycles. The molecule has 0 aliphatic rings. The minimum absolute atomic E-state index is 0.403. The van der Waals surface area contributed by atoms with E-state index in [0.29, 0.717) is 17.2 Å². The number of aliphatic hydroxyl groups is 1. The SMILES string of the molecule is COc1cc(-c2cc(-c3ccc(C(O)C(N)=O)cc3)c3ncnc(C)c3c2)cnc1OC. The Labute approximate surface area is 184 Å². The molecule has 1 atom stereocenters. The van der Waals surface area contributed by atoms with Gasteiger partial charge in [-0.05, 0) is 41.8 Å². The Morgan fingerprint density at radius 1 is 0.969 bits per heavy atom. The predicted molar refractivity (Wildman–Crippen MR) is 120 cm³/mol. The van der Waals surface area contributed by atoms with Gasteiger partial charge in [0.2, 0.25) is 0 Å². The fraction of sp³-hybridized carbons (Fsp3) is 0.167. The smallest absolute Gasteiger partial charge is 0.256 e. The number of methoxy groups -OCH3 is 2. The first-order valence-corrected chi connectivity index (χ1v) is 9.84.